The predicted octanol–water partition coefficient (Wildman–Crippen LogP) is 1.26. The van der Waals surface area contributed by atoms with Gasteiger partial charge in [-0.15, -0.1) is 0 Å². The number of rotatable bonds is 4. The van der Waals surface area contributed by atoms with Gasteiger partial charge in [0, 0.05) is 5.69 Å². The summed E-state index contributed by atoms with van der Waals surface area (Å²) in [6, 6.07) is 3.00. The number of aromatic carboxylic acids is 1. The van der Waals surface area contributed by atoms with E-state index in [2.05, 4.69) is 4.98 Å². The second-order valence-electron chi connectivity index (χ2n) is 2.79. The maximum atomic E-state index is 10.8. The van der Waals surface area contributed by atoms with Gasteiger partial charge in [-0.1, -0.05) is 11.8 Å². The lowest BCUT2D eigenvalue weighted by Gasteiger charge is -2.03. The van der Waals surface area contributed by atoms with E-state index >= 15 is 0 Å². The van der Waals surface area contributed by atoms with E-state index in [0.29, 0.717) is 5.69 Å². The van der Waals surface area contributed by atoms with E-state index in [1.54, 1.807) is 13.0 Å². The maximum absolute atomic E-state index is 10.8. The first-order valence-corrected chi connectivity index (χ1v) is 5.05. The van der Waals surface area contributed by atoms with E-state index in [4.69, 9.17) is 10.2 Å². The molecule has 0 amide bonds. The lowest BCUT2D eigenvalue weighted by Crippen LogP contribution is -2.04. The molecule has 6 heteroatoms. The van der Waals surface area contributed by atoms with Crippen LogP contribution in [-0.4, -0.2) is 32.9 Å². The molecule has 15 heavy (non-hydrogen) atoms. The zero-order chi connectivity index (χ0) is 11.4. The Hall–Kier alpha value is -1.56. The summed E-state index contributed by atoms with van der Waals surface area (Å²) in [5.74, 6) is -2.30. The van der Waals surface area contributed by atoms with Gasteiger partial charge in [0.25, 0.3) is 0 Å². The van der Waals surface area contributed by atoms with Crippen molar-refractivity contribution in [3.05, 3.63) is 23.4 Å². The topological polar surface area (TPSA) is 87.5 Å². The molecular formula is C9H9NO4S. The van der Waals surface area contributed by atoms with Gasteiger partial charge in [-0.3, -0.25) is 4.79 Å². The fourth-order valence-corrected chi connectivity index (χ4v) is 1.72. The average molecular weight is 227 g/mol. The highest BCUT2D eigenvalue weighted by molar-refractivity contribution is 7.99. The standard InChI is InChI=1S/C9H9NO4S/c1-5-2-3-6(9(13)14)8(10-5)15-4-7(11)12/h2-3H,4H2,1H3,(H,11,12)(H,13,14). The average Bonchev–Trinajstić information content (AvgIpc) is 2.14. The zero-order valence-electron chi connectivity index (χ0n) is 7.93. The van der Waals surface area contributed by atoms with Crippen molar-refractivity contribution in [2.24, 2.45) is 0 Å². The molecule has 0 aliphatic heterocycles. The van der Waals surface area contributed by atoms with E-state index in [1.165, 1.54) is 6.07 Å². The van der Waals surface area contributed by atoms with E-state index in [1.807, 2.05) is 0 Å². The molecule has 0 unspecified atom stereocenters. The summed E-state index contributed by atoms with van der Waals surface area (Å²) < 4.78 is 0. The highest BCUT2D eigenvalue weighted by Crippen LogP contribution is 2.20. The molecule has 0 aromatic carbocycles. The van der Waals surface area contributed by atoms with Crippen LogP contribution in [0.3, 0.4) is 0 Å². The molecule has 2 N–H and O–H groups in total. The van der Waals surface area contributed by atoms with E-state index in [9.17, 15) is 9.59 Å². The molecule has 1 rings (SSSR count). The van der Waals surface area contributed by atoms with Crippen molar-refractivity contribution in [2.75, 3.05) is 5.75 Å². The highest BCUT2D eigenvalue weighted by Gasteiger charge is 2.13. The molecule has 0 spiro atoms. The fourth-order valence-electron chi connectivity index (χ4n) is 0.936. The number of aliphatic carboxylic acids is 1. The van der Waals surface area contributed by atoms with Crippen LogP contribution in [-0.2, 0) is 4.79 Å². The fraction of sp³-hybridized carbons (Fsp3) is 0.222. The van der Waals surface area contributed by atoms with Gasteiger partial charge in [-0.05, 0) is 19.1 Å². The summed E-state index contributed by atoms with van der Waals surface area (Å²) in [4.78, 5) is 25.1. The van der Waals surface area contributed by atoms with Gasteiger partial charge in [0.1, 0.15) is 5.03 Å². The number of nitrogens with zero attached hydrogens (tertiary/aromatic N) is 1. The molecular weight excluding hydrogens is 218 g/mol. The van der Waals surface area contributed by atoms with Crippen LogP contribution in [0.25, 0.3) is 0 Å². The predicted molar refractivity (Wildman–Crippen MR) is 54.3 cm³/mol. The van der Waals surface area contributed by atoms with Crippen LogP contribution in [0.5, 0.6) is 0 Å². The minimum Gasteiger partial charge on any atom is -0.481 e. The van der Waals surface area contributed by atoms with Gasteiger partial charge in [0.2, 0.25) is 0 Å². The van der Waals surface area contributed by atoms with Gasteiger partial charge < -0.3 is 10.2 Å². The molecule has 0 saturated carbocycles. The molecule has 0 bridgehead atoms. The number of aryl methyl sites for hydroxylation is 1. The molecule has 1 heterocycles. The molecule has 1 aromatic heterocycles. The second kappa shape index (κ2) is 4.79. The van der Waals surface area contributed by atoms with Crippen LogP contribution in [0, 0.1) is 6.92 Å². The number of aromatic nitrogens is 1. The highest BCUT2D eigenvalue weighted by atomic mass is 32.2. The first-order valence-electron chi connectivity index (χ1n) is 4.06. The first-order chi connectivity index (χ1) is 7.00. The van der Waals surface area contributed by atoms with Crippen molar-refractivity contribution in [3.63, 3.8) is 0 Å². The zero-order valence-corrected chi connectivity index (χ0v) is 8.74. The SMILES string of the molecule is Cc1ccc(C(=O)O)c(SCC(=O)O)n1. The Morgan fingerprint density at radius 1 is 1.40 bits per heavy atom. The van der Waals surface area contributed by atoms with Crippen molar-refractivity contribution >= 4 is 23.7 Å². The normalized spacial score (nSPS) is 9.93. The summed E-state index contributed by atoms with van der Waals surface area (Å²) in [7, 11) is 0. The van der Waals surface area contributed by atoms with Crippen molar-refractivity contribution in [3.8, 4) is 0 Å². The summed E-state index contributed by atoms with van der Waals surface area (Å²) in [6.07, 6.45) is 0. The quantitative estimate of drug-likeness (QED) is 0.753. The largest absolute Gasteiger partial charge is 0.481 e. The van der Waals surface area contributed by atoms with Crippen molar-refractivity contribution in [1.29, 1.82) is 0 Å². The van der Waals surface area contributed by atoms with Crippen molar-refractivity contribution in [1.82, 2.24) is 4.98 Å². The third-order valence-electron chi connectivity index (χ3n) is 1.56. The molecule has 0 radical (unpaired) electrons. The van der Waals surface area contributed by atoms with Crippen LogP contribution in [0.15, 0.2) is 17.2 Å². The van der Waals surface area contributed by atoms with Gasteiger partial charge in [-0.25, -0.2) is 9.78 Å². The van der Waals surface area contributed by atoms with Crippen molar-refractivity contribution < 1.29 is 19.8 Å². The molecule has 1 aromatic rings. The molecule has 0 atom stereocenters. The smallest absolute Gasteiger partial charge is 0.338 e. The van der Waals surface area contributed by atoms with Gasteiger partial charge in [0.05, 0.1) is 11.3 Å². The minimum atomic E-state index is -1.10. The summed E-state index contributed by atoms with van der Waals surface area (Å²) in [5, 5.41) is 17.5. The van der Waals surface area contributed by atoms with Crippen molar-refractivity contribution in [2.45, 2.75) is 11.9 Å². The number of pyridine rings is 1. The van der Waals surface area contributed by atoms with E-state index in [0.717, 1.165) is 11.8 Å². The minimum absolute atomic E-state index is 0.0341. The van der Waals surface area contributed by atoms with Gasteiger partial charge in [0.15, 0.2) is 0 Å². The number of carbonyl (C=O) groups is 2. The van der Waals surface area contributed by atoms with Gasteiger partial charge in [-0.2, -0.15) is 0 Å². The monoisotopic (exact) mass is 227 g/mol. The number of carboxylic acids is 2. The van der Waals surface area contributed by atoms with E-state index < -0.39 is 11.9 Å². The third kappa shape index (κ3) is 3.25. The Kier molecular flexibility index (Phi) is 3.68. The molecule has 5 nitrogen and oxygen atoms in total. The Bertz CT molecular complexity index is 405. The summed E-state index contributed by atoms with van der Waals surface area (Å²) in [5.41, 5.74) is 0.694. The van der Waals surface area contributed by atoms with Crippen LogP contribution < -0.4 is 0 Å². The Labute approximate surface area is 90.1 Å². The number of carboxylic acid groups (broad SMARTS) is 2. The third-order valence-corrected chi connectivity index (χ3v) is 2.54. The lowest BCUT2D eigenvalue weighted by atomic mass is 10.2. The Balaban J connectivity index is 2.96. The molecule has 0 aliphatic rings. The molecule has 0 aliphatic carbocycles. The molecule has 80 valence electrons. The maximum Gasteiger partial charge on any atom is 0.338 e. The number of thioether (sulfide) groups is 1. The second-order valence-corrected chi connectivity index (χ2v) is 3.76. The van der Waals surface area contributed by atoms with Crippen LogP contribution in [0.1, 0.15) is 16.1 Å². The Morgan fingerprint density at radius 3 is 2.60 bits per heavy atom. The van der Waals surface area contributed by atoms with Crippen LogP contribution in [0.2, 0.25) is 0 Å². The number of hydrogen-bond acceptors (Lipinski definition) is 4. The molecule has 0 fully saturated rings. The van der Waals surface area contributed by atoms with E-state index in [-0.39, 0.29) is 16.3 Å². The van der Waals surface area contributed by atoms with Crippen LogP contribution >= 0.6 is 11.8 Å². The lowest BCUT2D eigenvalue weighted by molar-refractivity contribution is -0.133. The van der Waals surface area contributed by atoms with Gasteiger partial charge >= 0.3 is 11.9 Å². The summed E-state index contributed by atoms with van der Waals surface area (Å²) >= 11 is 0.906. The molecule has 0 saturated heterocycles. The van der Waals surface area contributed by atoms with Crippen LogP contribution in [0.4, 0.5) is 0 Å². The summed E-state index contributed by atoms with van der Waals surface area (Å²) in [6.45, 7) is 1.72. The first kappa shape index (κ1) is 11.5. The Morgan fingerprint density at radius 2 is 2.07 bits per heavy atom. The number of hydrogen-bond donors (Lipinski definition) is 2.